The molecule has 2 unspecified atom stereocenters. The maximum absolute atomic E-state index is 3.67. The van der Waals surface area contributed by atoms with Crippen LogP contribution in [0.5, 0.6) is 0 Å². The molecule has 0 radical (unpaired) electrons. The molecule has 1 aliphatic rings. The lowest BCUT2D eigenvalue weighted by atomic mass is 10.1. The van der Waals surface area contributed by atoms with Crippen molar-refractivity contribution < 1.29 is 0 Å². The van der Waals surface area contributed by atoms with Crippen molar-refractivity contribution in [2.24, 2.45) is 0 Å². The van der Waals surface area contributed by atoms with E-state index in [-0.39, 0.29) is 0 Å². The summed E-state index contributed by atoms with van der Waals surface area (Å²) in [4.78, 5) is 0. The van der Waals surface area contributed by atoms with Crippen molar-refractivity contribution in [1.29, 1.82) is 0 Å². The Labute approximate surface area is 116 Å². The van der Waals surface area contributed by atoms with Crippen molar-refractivity contribution in [3.63, 3.8) is 0 Å². The van der Waals surface area contributed by atoms with Gasteiger partial charge in [0.25, 0.3) is 0 Å². The van der Waals surface area contributed by atoms with E-state index in [1.165, 1.54) is 33.4 Å². The van der Waals surface area contributed by atoms with Gasteiger partial charge in [-0.2, -0.15) is 11.8 Å². The van der Waals surface area contributed by atoms with E-state index in [2.05, 4.69) is 71.7 Å². The Morgan fingerprint density at radius 3 is 2.94 bits per heavy atom. The first kappa shape index (κ1) is 12.6. The number of benzene rings is 1. The third-order valence-corrected chi connectivity index (χ3v) is 5.67. The molecule has 1 aromatic carbocycles. The van der Waals surface area contributed by atoms with Gasteiger partial charge in [-0.1, -0.05) is 13.0 Å². The monoisotopic (exact) mass is 347 g/mol. The van der Waals surface area contributed by atoms with E-state index in [9.17, 15) is 0 Å². The summed E-state index contributed by atoms with van der Waals surface area (Å²) in [6.45, 7) is 4.49. The zero-order valence-electron chi connectivity index (χ0n) is 9.79. The smallest absolute Gasteiger partial charge is 0.0377 e. The molecule has 0 spiro atoms. The van der Waals surface area contributed by atoms with Crippen molar-refractivity contribution in [3.8, 4) is 0 Å². The second kappa shape index (κ2) is 5.63. The van der Waals surface area contributed by atoms with E-state index >= 15 is 0 Å². The highest BCUT2D eigenvalue weighted by Crippen LogP contribution is 2.28. The summed E-state index contributed by atoms with van der Waals surface area (Å²) in [7, 11) is 0. The molecule has 0 aliphatic carbocycles. The lowest BCUT2D eigenvalue weighted by Crippen LogP contribution is -2.32. The van der Waals surface area contributed by atoms with Crippen LogP contribution in [0, 0.1) is 10.5 Å². The number of aryl methyl sites for hydroxylation is 1. The van der Waals surface area contributed by atoms with Gasteiger partial charge in [0, 0.05) is 20.5 Å². The minimum atomic E-state index is 0.636. The molecule has 2 rings (SSSR count). The van der Waals surface area contributed by atoms with Crippen LogP contribution < -0.4 is 5.32 Å². The largest absolute Gasteiger partial charge is 0.381 e. The molecule has 2 atom stereocenters. The Bertz CT molecular complexity index is 367. The summed E-state index contributed by atoms with van der Waals surface area (Å²) in [6, 6.07) is 7.29. The number of thioether (sulfide) groups is 1. The maximum Gasteiger partial charge on any atom is 0.0377 e. The van der Waals surface area contributed by atoms with Gasteiger partial charge in [-0.25, -0.2) is 0 Å². The van der Waals surface area contributed by atoms with Gasteiger partial charge in [-0.3, -0.25) is 0 Å². The fraction of sp³-hybridized carbons (Fsp3) is 0.538. The Morgan fingerprint density at radius 2 is 2.25 bits per heavy atom. The summed E-state index contributed by atoms with van der Waals surface area (Å²) < 4.78 is 1.35. The number of hydrogen-bond acceptors (Lipinski definition) is 2. The molecule has 88 valence electrons. The SMILES string of the molecule is Cc1ccc(NC2CCCSC2C)cc1I. The van der Waals surface area contributed by atoms with Crippen molar-refractivity contribution in [2.45, 2.75) is 38.0 Å². The van der Waals surface area contributed by atoms with Crippen molar-refractivity contribution in [2.75, 3.05) is 11.1 Å². The van der Waals surface area contributed by atoms with Crippen LogP contribution >= 0.6 is 34.4 Å². The molecule has 0 bridgehead atoms. The molecule has 3 heteroatoms. The van der Waals surface area contributed by atoms with Gasteiger partial charge in [0.1, 0.15) is 0 Å². The first-order chi connectivity index (χ1) is 7.66. The van der Waals surface area contributed by atoms with Gasteiger partial charge in [-0.15, -0.1) is 0 Å². The highest BCUT2D eigenvalue weighted by Gasteiger charge is 2.21. The quantitative estimate of drug-likeness (QED) is 0.801. The number of rotatable bonds is 2. The Balaban J connectivity index is 2.05. The molecule has 16 heavy (non-hydrogen) atoms. The molecular formula is C13H18INS. The van der Waals surface area contributed by atoms with Gasteiger partial charge in [0.05, 0.1) is 0 Å². The predicted molar refractivity (Wildman–Crippen MR) is 82.5 cm³/mol. The summed E-state index contributed by atoms with van der Waals surface area (Å²) >= 11 is 4.49. The van der Waals surface area contributed by atoms with Crippen LogP contribution in [0.3, 0.4) is 0 Å². The third kappa shape index (κ3) is 3.06. The van der Waals surface area contributed by atoms with Crippen LogP contribution in [0.1, 0.15) is 25.3 Å². The van der Waals surface area contributed by atoms with Crippen LogP contribution in [0.4, 0.5) is 5.69 Å². The van der Waals surface area contributed by atoms with Gasteiger partial charge in [-0.05, 0) is 65.8 Å². The van der Waals surface area contributed by atoms with Crippen LogP contribution in [0.15, 0.2) is 18.2 Å². The van der Waals surface area contributed by atoms with Crippen molar-refractivity contribution >= 4 is 40.0 Å². The van der Waals surface area contributed by atoms with E-state index in [1.807, 2.05) is 0 Å². The zero-order chi connectivity index (χ0) is 11.5. The normalized spacial score (nSPS) is 25.4. The second-order valence-electron chi connectivity index (χ2n) is 4.43. The first-order valence-corrected chi connectivity index (χ1v) is 7.94. The Hall–Kier alpha value is 0.100. The van der Waals surface area contributed by atoms with E-state index in [1.54, 1.807) is 0 Å². The van der Waals surface area contributed by atoms with Gasteiger partial charge in [0.15, 0.2) is 0 Å². The minimum absolute atomic E-state index is 0.636. The summed E-state index contributed by atoms with van der Waals surface area (Å²) in [6.07, 6.45) is 2.65. The maximum atomic E-state index is 3.67. The van der Waals surface area contributed by atoms with E-state index in [0.29, 0.717) is 6.04 Å². The molecular weight excluding hydrogens is 329 g/mol. The highest BCUT2D eigenvalue weighted by atomic mass is 127. The highest BCUT2D eigenvalue weighted by molar-refractivity contribution is 14.1. The average molecular weight is 347 g/mol. The molecule has 0 aromatic heterocycles. The molecule has 1 aliphatic heterocycles. The predicted octanol–water partition coefficient (Wildman–Crippen LogP) is 4.30. The lowest BCUT2D eigenvalue weighted by molar-refractivity contribution is 0.617. The second-order valence-corrected chi connectivity index (χ2v) is 7.08. The van der Waals surface area contributed by atoms with Gasteiger partial charge in [0.2, 0.25) is 0 Å². The summed E-state index contributed by atoms with van der Waals surface area (Å²) in [5.41, 5.74) is 2.63. The molecule has 1 nitrogen and oxygen atoms in total. The fourth-order valence-electron chi connectivity index (χ4n) is 2.01. The summed E-state index contributed by atoms with van der Waals surface area (Å²) in [5, 5.41) is 4.40. The third-order valence-electron chi connectivity index (χ3n) is 3.13. The number of anilines is 1. The molecule has 1 N–H and O–H groups in total. The van der Waals surface area contributed by atoms with Gasteiger partial charge >= 0.3 is 0 Å². The van der Waals surface area contributed by atoms with Crippen LogP contribution in [-0.2, 0) is 0 Å². The van der Waals surface area contributed by atoms with E-state index in [4.69, 9.17) is 0 Å². The number of halogens is 1. The molecule has 1 saturated heterocycles. The molecule has 1 fully saturated rings. The Morgan fingerprint density at radius 1 is 1.44 bits per heavy atom. The van der Waals surface area contributed by atoms with Crippen LogP contribution in [-0.4, -0.2) is 17.0 Å². The first-order valence-electron chi connectivity index (χ1n) is 5.81. The standard InChI is InChI=1S/C13H18INS/c1-9-5-6-11(8-12(9)14)15-13-4-3-7-16-10(13)2/h5-6,8,10,13,15H,3-4,7H2,1-2H3. The summed E-state index contributed by atoms with van der Waals surface area (Å²) in [5.74, 6) is 1.32. The van der Waals surface area contributed by atoms with Crippen molar-refractivity contribution in [3.05, 3.63) is 27.3 Å². The topological polar surface area (TPSA) is 12.0 Å². The molecule has 1 aromatic rings. The van der Waals surface area contributed by atoms with Crippen LogP contribution in [0.25, 0.3) is 0 Å². The Kier molecular flexibility index (Phi) is 4.41. The average Bonchev–Trinajstić information content (AvgIpc) is 2.27. The number of hydrogen-bond donors (Lipinski definition) is 1. The van der Waals surface area contributed by atoms with E-state index < -0.39 is 0 Å². The van der Waals surface area contributed by atoms with Gasteiger partial charge < -0.3 is 5.32 Å². The minimum Gasteiger partial charge on any atom is -0.381 e. The molecule has 1 heterocycles. The fourth-order valence-corrected chi connectivity index (χ4v) is 3.67. The molecule has 0 amide bonds. The number of nitrogens with one attached hydrogen (secondary N) is 1. The van der Waals surface area contributed by atoms with Crippen LogP contribution in [0.2, 0.25) is 0 Å². The molecule has 0 saturated carbocycles. The van der Waals surface area contributed by atoms with Crippen molar-refractivity contribution in [1.82, 2.24) is 0 Å². The lowest BCUT2D eigenvalue weighted by Gasteiger charge is -2.30. The van der Waals surface area contributed by atoms with E-state index in [0.717, 1.165) is 5.25 Å². The zero-order valence-corrected chi connectivity index (χ0v) is 12.8.